The number of esters is 1. The number of methoxy groups -OCH3 is 1. The first-order valence-corrected chi connectivity index (χ1v) is 5.56. The van der Waals surface area contributed by atoms with Gasteiger partial charge in [-0.3, -0.25) is 10.1 Å². The Morgan fingerprint density at radius 2 is 2.17 bits per heavy atom. The van der Waals surface area contributed by atoms with Gasteiger partial charge < -0.3 is 10.1 Å². The zero-order chi connectivity index (χ0) is 13.7. The van der Waals surface area contributed by atoms with E-state index in [1.165, 1.54) is 25.3 Å². The lowest BCUT2D eigenvalue weighted by Crippen LogP contribution is -2.12. The highest BCUT2D eigenvalue weighted by molar-refractivity contribution is 5.96. The number of nitro groups is 1. The van der Waals surface area contributed by atoms with E-state index < -0.39 is 10.9 Å². The van der Waals surface area contributed by atoms with Crippen LogP contribution >= 0.6 is 0 Å². The molecule has 1 aromatic carbocycles. The monoisotopic (exact) mass is 252 g/mol. The molecular weight excluding hydrogens is 236 g/mol. The molecule has 6 nitrogen and oxygen atoms in total. The zero-order valence-electron chi connectivity index (χ0n) is 10.6. The lowest BCUT2D eigenvalue weighted by atomic mass is 10.1. The average Bonchev–Trinajstić information content (AvgIpc) is 2.34. The van der Waals surface area contributed by atoms with Crippen LogP contribution < -0.4 is 5.32 Å². The summed E-state index contributed by atoms with van der Waals surface area (Å²) in [6.45, 7) is 4.62. The number of anilines is 1. The van der Waals surface area contributed by atoms with Crippen molar-refractivity contribution in [3.05, 3.63) is 33.9 Å². The number of ether oxygens (including phenoxy) is 1. The van der Waals surface area contributed by atoms with E-state index in [0.717, 1.165) is 0 Å². The molecule has 0 aliphatic rings. The fraction of sp³-hybridized carbons (Fsp3) is 0.417. The second kappa shape index (κ2) is 6.00. The molecule has 1 rings (SSSR count). The Hall–Kier alpha value is -2.11. The zero-order valence-corrected chi connectivity index (χ0v) is 10.6. The van der Waals surface area contributed by atoms with Crippen LogP contribution in [0.2, 0.25) is 0 Å². The van der Waals surface area contributed by atoms with E-state index in [4.69, 9.17) is 0 Å². The van der Waals surface area contributed by atoms with Crippen LogP contribution in [0.15, 0.2) is 18.2 Å². The summed E-state index contributed by atoms with van der Waals surface area (Å²) in [6.07, 6.45) is 0. The number of carbonyl (C=O) groups is 1. The second-order valence-corrected chi connectivity index (χ2v) is 4.25. The van der Waals surface area contributed by atoms with Crippen molar-refractivity contribution >= 4 is 17.3 Å². The summed E-state index contributed by atoms with van der Waals surface area (Å²) in [4.78, 5) is 21.7. The summed E-state index contributed by atoms with van der Waals surface area (Å²) < 4.78 is 4.64. The van der Waals surface area contributed by atoms with Crippen LogP contribution in [0.25, 0.3) is 0 Å². The van der Waals surface area contributed by atoms with Crippen LogP contribution in [0, 0.1) is 16.0 Å². The number of non-ortho nitro benzene ring substituents is 1. The van der Waals surface area contributed by atoms with E-state index in [1.807, 2.05) is 13.8 Å². The molecule has 0 spiro atoms. The van der Waals surface area contributed by atoms with E-state index in [2.05, 4.69) is 10.1 Å². The lowest BCUT2D eigenvalue weighted by molar-refractivity contribution is -0.384. The van der Waals surface area contributed by atoms with Gasteiger partial charge in [-0.05, 0) is 12.0 Å². The predicted molar refractivity (Wildman–Crippen MR) is 67.8 cm³/mol. The van der Waals surface area contributed by atoms with Crippen molar-refractivity contribution in [1.29, 1.82) is 0 Å². The Labute approximate surface area is 105 Å². The average molecular weight is 252 g/mol. The topological polar surface area (TPSA) is 81.5 Å². The van der Waals surface area contributed by atoms with Crippen LogP contribution in [0.1, 0.15) is 24.2 Å². The third-order valence-corrected chi connectivity index (χ3v) is 2.32. The fourth-order valence-electron chi connectivity index (χ4n) is 1.39. The van der Waals surface area contributed by atoms with Gasteiger partial charge in [0.2, 0.25) is 0 Å². The van der Waals surface area contributed by atoms with Crippen LogP contribution in [-0.4, -0.2) is 24.5 Å². The number of hydrogen-bond acceptors (Lipinski definition) is 5. The third-order valence-electron chi connectivity index (χ3n) is 2.32. The summed E-state index contributed by atoms with van der Waals surface area (Å²) in [6, 6.07) is 4.02. The van der Waals surface area contributed by atoms with Crippen molar-refractivity contribution in [3.8, 4) is 0 Å². The lowest BCUT2D eigenvalue weighted by Gasteiger charge is -2.12. The molecule has 0 fully saturated rings. The normalized spacial score (nSPS) is 10.2. The molecule has 0 aliphatic heterocycles. The minimum absolute atomic E-state index is 0.0612. The minimum Gasteiger partial charge on any atom is -0.465 e. The van der Waals surface area contributed by atoms with Gasteiger partial charge in [-0.25, -0.2) is 4.79 Å². The van der Waals surface area contributed by atoms with Crippen LogP contribution in [0.4, 0.5) is 11.4 Å². The van der Waals surface area contributed by atoms with Gasteiger partial charge in [0.25, 0.3) is 5.69 Å². The smallest absolute Gasteiger partial charge is 0.339 e. The first kappa shape index (κ1) is 14.0. The van der Waals surface area contributed by atoms with E-state index in [1.54, 1.807) is 0 Å². The fourth-order valence-corrected chi connectivity index (χ4v) is 1.39. The molecule has 0 radical (unpaired) electrons. The molecule has 98 valence electrons. The molecule has 0 amide bonds. The maximum Gasteiger partial charge on any atom is 0.339 e. The van der Waals surface area contributed by atoms with Crippen molar-refractivity contribution < 1.29 is 14.5 Å². The number of nitrogens with zero attached hydrogens (tertiary/aromatic N) is 1. The summed E-state index contributed by atoms with van der Waals surface area (Å²) in [5.74, 6) is -0.161. The highest BCUT2D eigenvalue weighted by atomic mass is 16.6. The Bertz CT molecular complexity index is 457. The van der Waals surface area contributed by atoms with Crippen molar-refractivity contribution in [3.63, 3.8) is 0 Å². The molecule has 1 aromatic rings. The maximum absolute atomic E-state index is 11.5. The molecule has 0 aromatic heterocycles. The molecule has 0 atom stereocenters. The SMILES string of the molecule is COC(=O)c1ccc([N+](=O)[O-])cc1NCC(C)C. The van der Waals surface area contributed by atoms with Crippen LogP contribution in [0.3, 0.4) is 0 Å². The second-order valence-electron chi connectivity index (χ2n) is 4.25. The Morgan fingerprint density at radius 3 is 2.67 bits per heavy atom. The van der Waals surface area contributed by atoms with Crippen molar-refractivity contribution in [1.82, 2.24) is 0 Å². The molecule has 0 saturated heterocycles. The quantitative estimate of drug-likeness (QED) is 0.494. The molecule has 6 heteroatoms. The Balaban J connectivity index is 3.09. The predicted octanol–water partition coefficient (Wildman–Crippen LogP) is 2.45. The summed E-state index contributed by atoms with van der Waals surface area (Å²) >= 11 is 0. The van der Waals surface area contributed by atoms with E-state index in [-0.39, 0.29) is 5.69 Å². The molecule has 0 aliphatic carbocycles. The van der Waals surface area contributed by atoms with Gasteiger partial charge in [-0.1, -0.05) is 13.8 Å². The van der Waals surface area contributed by atoms with Crippen molar-refractivity contribution in [2.75, 3.05) is 19.0 Å². The molecule has 0 heterocycles. The minimum atomic E-state index is -0.517. The van der Waals surface area contributed by atoms with Gasteiger partial charge in [0.15, 0.2) is 0 Å². The summed E-state index contributed by atoms with van der Waals surface area (Å²) in [5, 5.41) is 13.7. The summed E-state index contributed by atoms with van der Waals surface area (Å²) in [7, 11) is 1.27. The van der Waals surface area contributed by atoms with Gasteiger partial charge in [0.05, 0.1) is 23.3 Å². The van der Waals surface area contributed by atoms with Gasteiger partial charge in [-0.15, -0.1) is 0 Å². The van der Waals surface area contributed by atoms with E-state index in [9.17, 15) is 14.9 Å². The first-order chi connectivity index (χ1) is 8.45. The molecule has 1 N–H and O–H groups in total. The van der Waals surface area contributed by atoms with E-state index in [0.29, 0.717) is 23.7 Å². The first-order valence-electron chi connectivity index (χ1n) is 5.56. The standard InChI is InChI=1S/C12H16N2O4/c1-8(2)7-13-11-6-9(14(16)17)4-5-10(11)12(15)18-3/h4-6,8,13H,7H2,1-3H3. The number of rotatable bonds is 5. The molecule has 0 unspecified atom stereocenters. The number of hydrogen-bond donors (Lipinski definition) is 1. The van der Waals surface area contributed by atoms with Gasteiger partial charge in [0, 0.05) is 18.7 Å². The summed E-state index contributed by atoms with van der Waals surface area (Å²) in [5.41, 5.74) is 0.655. The van der Waals surface area contributed by atoms with Gasteiger partial charge in [0.1, 0.15) is 0 Å². The molecule has 0 bridgehead atoms. The van der Waals surface area contributed by atoms with Crippen molar-refractivity contribution in [2.45, 2.75) is 13.8 Å². The van der Waals surface area contributed by atoms with Gasteiger partial charge >= 0.3 is 5.97 Å². The largest absolute Gasteiger partial charge is 0.465 e. The van der Waals surface area contributed by atoms with Crippen LogP contribution in [-0.2, 0) is 4.74 Å². The number of nitro benzene ring substituents is 1. The number of benzene rings is 1. The van der Waals surface area contributed by atoms with E-state index >= 15 is 0 Å². The number of nitrogens with one attached hydrogen (secondary N) is 1. The molecule has 18 heavy (non-hydrogen) atoms. The third kappa shape index (κ3) is 3.44. The molecule has 0 saturated carbocycles. The van der Waals surface area contributed by atoms with Gasteiger partial charge in [-0.2, -0.15) is 0 Å². The maximum atomic E-state index is 11.5. The highest BCUT2D eigenvalue weighted by Crippen LogP contribution is 2.23. The highest BCUT2D eigenvalue weighted by Gasteiger charge is 2.16. The Morgan fingerprint density at radius 1 is 1.50 bits per heavy atom. The Kier molecular flexibility index (Phi) is 4.65. The van der Waals surface area contributed by atoms with Crippen LogP contribution in [0.5, 0.6) is 0 Å². The molecular formula is C12H16N2O4. The number of carbonyl (C=O) groups excluding carboxylic acids is 1. The van der Waals surface area contributed by atoms with Crippen molar-refractivity contribution in [2.24, 2.45) is 5.92 Å².